The first kappa shape index (κ1) is 13.8. The Morgan fingerprint density at radius 3 is 2.58 bits per heavy atom. The molecule has 1 atom stereocenters. The predicted octanol–water partition coefficient (Wildman–Crippen LogP) is 3.09. The van der Waals surface area contributed by atoms with Crippen LogP contribution in [0, 0.1) is 5.82 Å². The third-order valence-electron chi connectivity index (χ3n) is 3.72. The Morgan fingerprint density at radius 2 is 2.00 bits per heavy atom. The van der Waals surface area contributed by atoms with E-state index in [-0.39, 0.29) is 11.8 Å². The number of piperidine rings is 1. The molecular formula is C15H20FNO2. The largest absolute Gasteiger partial charge is 0.469 e. The van der Waals surface area contributed by atoms with Crippen LogP contribution in [-0.4, -0.2) is 26.2 Å². The number of anilines is 1. The number of benzene rings is 1. The fourth-order valence-electron chi connectivity index (χ4n) is 2.50. The van der Waals surface area contributed by atoms with E-state index in [0.29, 0.717) is 11.3 Å². The van der Waals surface area contributed by atoms with Crippen LogP contribution in [0.4, 0.5) is 10.1 Å². The summed E-state index contributed by atoms with van der Waals surface area (Å²) < 4.78 is 18.8. The average Bonchev–Trinajstić information content (AvgIpc) is 2.46. The van der Waals surface area contributed by atoms with Gasteiger partial charge in [0.25, 0.3) is 0 Å². The average molecular weight is 265 g/mol. The summed E-state index contributed by atoms with van der Waals surface area (Å²) in [7, 11) is 1.34. The Morgan fingerprint density at radius 1 is 1.32 bits per heavy atom. The zero-order chi connectivity index (χ0) is 13.8. The number of carbonyl (C=O) groups excluding carboxylic acids is 1. The van der Waals surface area contributed by atoms with Gasteiger partial charge in [-0.2, -0.15) is 0 Å². The summed E-state index contributed by atoms with van der Waals surface area (Å²) in [6.07, 6.45) is 3.44. The van der Waals surface area contributed by atoms with Crippen LogP contribution in [0.3, 0.4) is 0 Å². The summed E-state index contributed by atoms with van der Waals surface area (Å²) in [6, 6.07) is 5.04. The Kier molecular flexibility index (Phi) is 4.40. The molecule has 0 bridgehead atoms. The number of rotatable bonds is 3. The lowest BCUT2D eigenvalue weighted by Crippen LogP contribution is -2.30. The summed E-state index contributed by atoms with van der Waals surface area (Å²) in [4.78, 5) is 13.5. The second-order valence-corrected chi connectivity index (χ2v) is 5.00. The molecule has 0 aliphatic carbocycles. The van der Waals surface area contributed by atoms with Crippen LogP contribution in [-0.2, 0) is 9.53 Å². The molecule has 1 unspecified atom stereocenters. The number of nitrogens with zero attached hydrogens (tertiary/aromatic N) is 1. The molecule has 0 aromatic heterocycles. The van der Waals surface area contributed by atoms with Crippen molar-refractivity contribution in [1.29, 1.82) is 0 Å². The van der Waals surface area contributed by atoms with Crippen LogP contribution < -0.4 is 4.90 Å². The van der Waals surface area contributed by atoms with Crippen LogP contribution in [0.5, 0.6) is 0 Å². The molecule has 1 aliphatic heterocycles. The van der Waals surface area contributed by atoms with Gasteiger partial charge in [0, 0.05) is 13.1 Å². The second kappa shape index (κ2) is 6.04. The quantitative estimate of drug-likeness (QED) is 0.787. The SMILES string of the molecule is COC(=O)C(C)c1ccc(N2CCCCC2)c(F)c1. The molecule has 2 rings (SSSR count). The molecule has 1 fully saturated rings. The summed E-state index contributed by atoms with van der Waals surface area (Å²) in [6.45, 7) is 3.53. The highest BCUT2D eigenvalue weighted by Gasteiger charge is 2.19. The molecule has 1 heterocycles. The van der Waals surface area contributed by atoms with Crippen molar-refractivity contribution in [1.82, 2.24) is 0 Å². The lowest BCUT2D eigenvalue weighted by molar-refractivity contribution is -0.141. The Bertz CT molecular complexity index is 455. The van der Waals surface area contributed by atoms with Crippen molar-refractivity contribution in [3.05, 3.63) is 29.6 Å². The van der Waals surface area contributed by atoms with Crippen molar-refractivity contribution < 1.29 is 13.9 Å². The third kappa shape index (κ3) is 3.06. The van der Waals surface area contributed by atoms with Gasteiger partial charge in [0.15, 0.2) is 0 Å². The lowest BCUT2D eigenvalue weighted by atomic mass is 10.00. The molecule has 4 heteroatoms. The molecule has 3 nitrogen and oxygen atoms in total. The highest BCUT2D eigenvalue weighted by molar-refractivity contribution is 5.77. The zero-order valence-electron chi connectivity index (χ0n) is 11.5. The summed E-state index contributed by atoms with van der Waals surface area (Å²) in [5.41, 5.74) is 1.30. The van der Waals surface area contributed by atoms with E-state index in [1.807, 2.05) is 6.07 Å². The van der Waals surface area contributed by atoms with Crippen molar-refractivity contribution >= 4 is 11.7 Å². The van der Waals surface area contributed by atoms with Gasteiger partial charge in [-0.25, -0.2) is 4.39 Å². The third-order valence-corrected chi connectivity index (χ3v) is 3.72. The first-order valence-corrected chi connectivity index (χ1v) is 6.75. The van der Waals surface area contributed by atoms with Crippen molar-refractivity contribution in [2.45, 2.75) is 32.1 Å². The van der Waals surface area contributed by atoms with Crippen molar-refractivity contribution in [2.24, 2.45) is 0 Å². The number of ether oxygens (including phenoxy) is 1. The number of esters is 1. The number of hydrogen-bond donors (Lipinski definition) is 0. The lowest BCUT2D eigenvalue weighted by Gasteiger charge is -2.29. The molecule has 104 valence electrons. The smallest absolute Gasteiger partial charge is 0.312 e. The summed E-state index contributed by atoms with van der Waals surface area (Å²) in [5, 5.41) is 0. The van der Waals surface area contributed by atoms with Crippen LogP contribution in [0.1, 0.15) is 37.7 Å². The van der Waals surface area contributed by atoms with Gasteiger partial charge in [-0.15, -0.1) is 0 Å². The fraction of sp³-hybridized carbons (Fsp3) is 0.533. The minimum absolute atomic E-state index is 0.254. The van der Waals surface area contributed by atoms with E-state index < -0.39 is 5.92 Å². The van der Waals surface area contributed by atoms with E-state index in [0.717, 1.165) is 25.9 Å². The minimum atomic E-state index is -0.435. The minimum Gasteiger partial charge on any atom is -0.469 e. The van der Waals surface area contributed by atoms with E-state index >= 15 is 0 Å². The zero-order valence-corrected chi connectivity index (χ0v) is 11.5. The van der Waals surface area contributed by atoms with E-state index in [1.54, 1.807) is 13.0 Å². The summed E-state index contributed by atoms with van der Waals surface area (Å²) in [5.74, 6) is -1.03. The molecule has 0 N–H and O–H groups in total. The molecular weight excluding hydrogens is 245 g/mol. The van der Waals surface area contributed by atoms with E-state index in [4.69, 9.17) is 0 Å². The Balaban J connectivity index is 2.19. The van der Waals surface area contributed by atoms with Gasteiger partial charge in [-0.1, -0.05) is 6.07 Å². The Labute approximate surface area is 113 Å². The molecule has 1 aromatic carbocycles. The van der Waals surface area contributed by atoms with Gasteiger partial charge < -0.3 is 9.64 Å². The van der Waals surface area contributed by atoms with Crippen LogP contribution in [0.2, 0.25) is 0 Å². The van der Waals surface area contributed by atoms with Gasteiger partial charge in [0.05, 0.1) is 18.7 Å². The van der Waals surface area contributed by atoms with Gasteiger partial charge in [0.2, 0.25) is 0 Å². The van der Waals surface area contributed by atoms with Crippen molar-refractivity contribution in [2.75, 3.05) is 25.1 Å². The molecule has 1 aliphatic rings. The second-order valence-electron chi connectivity index (χ2n) is 5.00. The molecule has 19 heavy (non-hydrogen) atoms. The first-order chi connectivity index (χ1) is 9.13. The van der Waals surface area contributed by atoms with Crippen LogP contribution >= 0.6 is 0 Å². The molecule has 0 spiro atoms. The predicted molar refractivity (Wildman–Crippen MR) is 72.9 cm³/mol. The number of methoxy groups -OCH3 is 1. The van der Waals surface area contributed by atoms with Crippen molar-refractivity contribution in [3.63, 3.8) is 0 Å². The maximum atomic E-state index is 14.2. The highest BCUT2D eigenvalue weighted by Crippen LogP contribution is 2.27. The van der Waals surface area contributed by atoms with Gasteiger partial charge in [-0.3, -0.25) is 4.79 Å². The van der Waals surface area contributed by atoms with E-state index in [9.17, 15) is 9.18 Å². The van der Waals surface area contributed by atoms with Crippen LogP contribution in [0.15, 0.2) is 18.2 Å². The fourth-order valence-corrected chi connectivity index (χ4v) is 2.50. The molecule has 0 saturated carbocycles. The highest BCUT2D eigenvalue weighted by atomic mass is 19.1. The van der Waals surface area contributed by atoms with Gasteiger partial charge in [-0.05, 0) is 43.9 Å². The van der Waals surface area contributed by atoms with E-state index in [2.05, 4.69) is 9.64 Å². The number of hydrogen-bond acceptors (Lipinski definition) is 3. The van der Waals surface area contributed by atoms with Gasteiger partial charge in [0.1, 0.15) is 5.82 Å². The monoisotopic (exact) mass is 265 g/mol. The number of halogens is 1. The van der Waals surface area contributed by atoms with Crippen molar-refractivity contribution in [3.8, 4) is 0 Å². The topological polar surface area (TPSA) is 29.5 Å². The normalized spacial score (nSPS) is 17.1. The molecule has 1 aromatic rings. The maximum absolute atomic E-state index is 14.2. The first-order valence-electron chi connectivity index (χ1n) is 6.75. The Hall–Kier alpha value is -1.58. The molecule has 0 radical (unpaired) electrons. The maximum Gasteiger partial charge on any atom is 0.312 e. The van der Waals surface area contributed by atoms with Crippen LogP contribution in [0.25, 0.3) is 0 Å². The summed E-state index contributed by atoms with van der Waals surface area (Å²) >= 11 is 0. The van der Waals surface area contributed by atoms with Gasteiger partial charge >= 0.3 is 5.97 Å². The molecule has 1 saturated heterocycles. The standard InChI is InChI=1S/C15H20FNO2/c1-11(15(18)19-2)12-6-7-14(13(16)10-12)17-8-4-3-5-9-17/h6-7,10-11H,3-5,8-9H2,1-2H3. The number of carbonyl (C=O) groups is 1. The van der Waals surface area contributed by atoms with E-state index in [1.165, 1.54) is 19.6 Å². The molecule has 0 amide bonds.